The molecule has 3 heterocycles. The molecule has 1 aromatic carbocycles. The van der Waals surface area contributed by atoms with Crippen LogP contribution in [-0.4, -0.2) is 44.6 Å². The molecule has 0 bridgehead atoms. The number of hydrogen-bond donors (Lipinski definition) is 1. The van der Waals surface area contributed by atoms with Crippen LogP contribution in [0.4, 0.5) is 5.82 Å². The molecule has 1 N–H and O–H groups in total. The van der Waals surface area contributed by atoms with Crippen molar-refractivity contribution in [3.05, 3.63) is 47.8 Å². The number of aryl methyl sites for hydroxylation is 1. The van der Waals surface area contributed by atoms with Crippen LogP contribution in [0.1, 0.15) is 17.5 Å². The van der Waals surface area contributed by atoms with Crippen LogP contribution < -0.4 is 4.90 Å². The van der Waals surface area contributed by atoms with E-state index in [9.17, 15) is 5.11 Å². The van der Waals surface area contributed by atoms with Crippen molar-refractivity contribution in [2.24, 2.45) is 0 Å². The largest absolute Gasteiger partial charge is 0.508 e. The molecule has 118 valence electrons. The van der Waals surface area contributed by atoms with E-state index in [1.54, 1.807) is 16.8 Å². The summed E-state index contributed by atoms with van der Waals surface area (Å²) in [6.07, 6.45) is -0.0918. The van der Waals surface area contributed by atoms with Crippen molar-refractivity contribution in [1.29, 1.82) is 0 Å². The van der Waals surface area contributed by atoms with Gasteiger partial charge in [0.25, 0.3) is 0 Å². The first-order valence-corrected chi connectivity index (χ1v) is 7.55. The Bertz CT molecular complexity index is 847. The Morgan fingerprint density at radius 3 is 3.00 bits per heavy atom. The second kappa shape index (κ2) is 5.51. The Morgan fingerprint density at radius 1 is 1.22 bits per heavy atom. The number of phenolic OH excluding ortho intramolecular Hbond substituents is 1. The van der Waals surface area contributed by atoms with Gasteiger partial charge in [0.15, 0.2) is 11.5 Å². The predicted octanol–water partition coefficient (Wildman–Crippen LogP) is 1.72. The molecular weight excluding hydrogens is 294 g/mol. The zero-order valence-corrected chi connectivity index (χ0v) is 12.8. The van der Waals surface area contributed by atoms with Crippen LogP contribution in [0.3, 0.4) is 0 Å². The maximum Gasteiger partial charge on any atom is 0.176 e. The van der Waals surface area contributed by atoms with Gasteiger partial charge in [0.05, 0.1) is 6.61 Å². The Balaban J connectivity index is 1.60. The molecule has 7 nitrogen and oxygen atoms in total. The molecule has 7 heteroatoms. The normalized spacial score (nSPS) is 18.5. The first-order valence-electron chi connectivity index (χ1n) is 7.55. The van der Waals surface area contributed by atoms with Gasteiger partial charge in [-0.05, 0) is 36.8 Å². The highest BCUT2D eigenvalue weighted by Gasteiger charge is 2.23. The van der Waals surface area contributed by atoms with Gasteiger partial charge < -0.3 is 14.7 Å². The van der Waals surface area contributed by atoms with E-state index in [-0.39, 0.29) is 11.9 Å². The summed E-state index contributed by atoms with van der Waals surface area (Å²) >= 11 is 0. The Labute approximate surface area is 133 Å². The third kappa shape index (κ3) is 2.70. The quantitative estimate of drug-likeness (QED) is 0.776. The van der Waals surface area contributed by atoms with E-state index in [0.717, 1.165) is 23.6 Å². The number of benzene rings is 1. The summed E-state index contributed by atoms with van der Waals surface area (Å²) in [5, 5.41) is 18.4. The third-order valence-corrected chi connectivity index (χ3v) is 3.93. The highest BCUT2D eigenvalue weighted by atomic mass is 16.5. The fourth-order valence-electron chi connectivity index (χ4n) is 2.83. The molecule has 0 amide bonds. The van der Waals surface area contributed by atoms with Crippen LogP contribution in [0, 0.1) is 6.92 Å². The Kier molecular flexibility index (Phi) is 3.34. The highest BCUT2D eigenvalue weighted by molar-refractivity contribution is 5.46. The van der Waals surface area contributed by atoms with Crippen molar-refractivity contribution < 1.29 is 9.84 Å². The SMILES string of the molecule is Cc1nc2ccc(N3CCOC(c4cccc(O)c4)C3)nn2n1. The lowest BCUT2D eigenvalue weighted by molar-refractivity contribution is 0.0393. The van der Waals surface area contributed by atoms with E-state index < -0.39 is 0 Å². The number of phenols is 1. The average molecular weight is 311 g/mol. The maximum atomic E-state index is 9.65. The van der Waals surface area contributed by atoms with Gasteiger partial charge in [-0.2, -0.15) is 0 Å². The molecule has 2 aromatic heterocycles. The van der Waals surface area contributed by atoms with Gasteiger partial charge in [0.1, 0.15) is 17.7 Å². The number of aromatic hydroxyl groups is 1. The summed E-state index contributed by atoms with van der Waals surface area (Å²) in [5.41, 5.74) is 1.71. The third-order valence-electron chi connectivity index (χ3n) is 3.93. The lowest BCUT2D eigenvalue weighted by Crippen LogP contribution is -2.39. The molecule has 1 aliphatic rings. The minimum atomic E-state index is -0.0918. The number of aromatic nitrogens is 4. The van der Waals surface area contributed by atoms with E-state index in [4.69, 9.17) is 4.74 Å². The van der Waals surface area contributed by atoms with E-state index in [0.29, 0.717) is 19.0 Å². The van der Waals surface area contributed by atoms with Gasteiger partial charge in [-0.1, -0.05) is 12.1 Å². The summed E-state index contributed by atoms with van der Waals surface area (Å²) in [5.74, 6) is 1.80. The van der Waals surface area contributed by atoms with Gasteiger partial charge in [-0.3, -0.25) is 0 Å². The lowest BCUT2D eigenvalue weighted by atomic mass is 10.1. The van der Waals surface area contributed by atoms with Gasteiger partial charge in [0.2, 0.25) is 0 Å². The minimum absolute atomic E-state index is 0.0918. The summed E-state index contributed by atoms with van der Waals surface area (Å²) in [7, 11) is 0. The molecule has 0 saturated carbocycles. The topological polar surface area (TPSA) is 75.8 Å². The van der Waals surface area contributed by atoms with Gasteiger partial charge >= 0.3 is 0 Å². The lowest BCUT2D eigenvalue weighted by Gasteiger charge is -2.33. The van der Waals surface area contributed by atoms with Crippen LogP contribution in [0.5, 0.6) is 5.75 Å². The summed E-state index contributed by atoms with van der Waals surface area (Å²) < 4.78 is 7.41. The monoisotopic (exact) mass is 311 g/mol. The molecule has 3 aromatic rings. The van der Waals surface area contributed by atoms with E-state index in [2.05, 4.69) is 20.1 Å². The number of anilines is 1. The standard InChI is InChI=1S/C16H17N5O2/c1-11-17-15-5-6-16(19-21(15)18-11)20-7-8-23-14(10-20)12-3-2-4-13(22)9-12/h2-6,9,14,22H,7-8,10H2,1H3. The molecule has 0 aliphatic carbocycles. The molecule has 0 spiro atoms. The van der Waals surface area contributed by atoms with Crippen LogP contribution in [0.2, 0.25) is 0 Å². The average Bonchev–Trinajstić information content (AvgIpc) is 2.94. The zero-order valence-electron chi connectivity index (χ0n) is 12.8. The van der Waals surface area contributed by atoms with Crippen LogP contribution >= 0.6 is 0 Å². The molecular formula is C16H17N5O2. The summed E-state index contributed by atoms with van der Waals surface area (Å²) in [6, 6.07) is 11.1. The van der Waals surface area contributed by atoms with E-state index in [1.165, 1.54) is 0 Å². The summed E-state index contributed by atoms with van der Waals surface area (Å²) in [4.78, 5) is 6.45. The first-order chi connectivity index (χ1) is 11.2. The van der Waals surface area contributed by atoms with Crippen molar-refractivity contribution in [3.63, 3.8) is 0 Å². The molecule has 4 rings (SSSR count). The minimum Gasteiger partial charge on any atom is -0.508 e. The van der Waals surface area contributed by atoms with Gasteiger partial charge in [-0.25, -0.2) is 4.98 Å². The van der Waals surface area contributed by atoms with Gasteiger partial charge in [-0.15, -0.1) is 14.8 Å². The number of morpholine rings is 1. The number of nitrogens with zero attached hydrogens (tertiary/aromatic N) is 5. The summed E-state index contributed by atoms with van der Waals surface area (Å²) in [6.45, 7) is 3.90. The molecule has 1 unspecified atom stereocenters. The first kappa shape index (κ1) is 14.0. The van der Waals surface area contributed by atoms with Gasteiger partial charge in [0, 0.05) is 13.1 Å². The van der Waals surface area contributed by atoms with Crippen LogP contribution in [0.15, 0.2) is 36.4 Å². The smallest absolute Gasteiger partial charge is 0.176 e. The highest BCUT2D eigenvalue weighted by Crippen LogP contribution is 2.27. The van der Waals surface area contributed by atoms with Crippen LogP contribution in [0.25, 0.3) is 5.65 Å². The fourth-order valence-corrected chi connectivity index (χ4v) is 2.83. The fraction of sp³-hybridized carbons (Fsp3) is 0.312. The number of fused-ring (bicyclic) bond motifs is 1. The van der Waals surface area contributed by atoms with Crippen LogP contribution in [-0.2, 0) is 4.74 Å². The second-order valence-electron chi connectivity index (χ2n) is 5.60. The molecule has 1 atom stereocenters. The van der Waals surface area contributed by atoms with Crippen molar-refractivity contribution in [2.45, 2.75) is 13.0 Å². The van der Waals surface area contributed by atoms with Crippen molar-refractivity contribution >= 4 is 11.5 Å². The predicted molar refractivity (Wildman–Crippen MR) is 84.5 cm³/mol. The zero-order chi connectivity index (χ0) is 15.8. The number of ether oxygens (including phenoxy) is 1. The molecule has 1 aliphatic heterocycles. The second-order valence-corrected chi connectivity index (χ2v) is 5.60. The van der Waals surface area contributed by atoms with Crippen molar-refractivity contribution in [1.82, 2.24) is 19.8 Å². The van der Waals surface area contributed by atoms with Crippen molar-refractivity contribution in [3.8, 4) is 5.75 Å². The Hall–Kier alpha value is -2.67. The molecule has 1 fully saturated rings. The van der Waals surface area contributed by atoms with E-state index >= 15 is 0 Å². The maximum absolute atomic E-state index is 9.65. The molecule has 23 heavy (non-hydrogen) atoms. The number of hydrogen-bond acceptors (Lipinski definition) is 6. The molecule has 0 radical (unpaired) electrons. The molecule has 1 saturated heterocycles. The Morgan fingerprint density at radius 2 is 2.13 bits per heavy atom. The van der Waals surface area contributed by atoms with Crippen molar-refractivity contribution in [2.75, 3.05) is 24.6 Å². The van der Waals surface area contributed by atoms with E-state index in [1.807, 2.05) is 31.2 Å². The number of rotatable bonds is 2.